The van der Waals surface area contributed by atoms with Crippen molar-refractivity contribution in [2.75, 3.05) is 4.90 Å². The van der Waals surface area contributed by atoms with Crippen LogP contribution in [-0.2, 0) is 9.59 Å². The number of aryl methyl sites for hydroxylation is 2. The summed E-state index contributed by atoms with van der Waals surface area (Å²) in [5, 5.41) is 18.6. The van der Waals surface area contributed by atoms with Gasteiger partial charge in [0.1, 0.15) is 34.6 Å². The fourth-order valence-electron chi connectivity index (χ4n) is 3.30. The molecule has 1 atom stereocenters. The Morgan fingerprint density at radius 3 is 2.64 bits per heavy atom. The van der Waals surface area contributed by atoms with Crippen molar-refractivity contribution in [1.29, 1.82) is 0 Å². The molecule has 1 unspecified atom stereocenters. The van der Waals surface area contributed by atoms with Crippen LogP contribution in [0.1, 0.15) is 28.7 Å². The molecule has 0 aliphatic carbocycles. The van der Waals surface area contributed by atoms with Crippen LogP contribution < -0.4 is 4.90 Å². The Labute approximate surface area is 162 Å². The number of ketones is 1. The highest BCUT2D eigenvalue weighted by Crippen LogP contribution is 2.43. The van der Waals surface area contributed by atoms with Gasteiger partial charge in [0.25, 0.3) is 5.78 Å². The zero-order valence-electron chi connectivity index (χ0n) is 14.8. The van der Waals surface area contributed by atoms with Gasteiger partial charge in [-0.05, 0) is 26.0 Å². The number of hydrogen-bond acceptors (Lipinski definition) is 7. The third kappa shape index (κ3) is 2.71. The minimum atomic E-state index is -1.18. The number of nitrogens with zero attached hydrogens (tertiary/aromatic N) is 3. The maximum atomic E-state index is 14.6. The highest BCUT2D eigenvalue weighted by atomic mass is 32.1. The van der Waals surface area contributed by atoms with Crippen LogP contribution in [0.15, 0.2) is 45.8 Å². The zero-order chi connectivity index (χ0) is 20.0. The monoisotopic (exact) mass is 399 g/mol. The summed E-state index contributed by atoms with van der Waals surface area (Å²) in [5.74, 6) is -1.98. The van der Waals surface area contributed by atoms with E-state index in [-0.39, 0.29) is 21.8 Å². The Balaban J connectivity index is 1.99. The Morgan fingerprint density at radius 1 is 1.29 bits per heavy atom. The molecule has 1 fully saturated rings. The Morgan fingerprint density at radius 2 is 2.04 bits per heavy atom. The van der Waals surface area contributed by atoms with E-state index < -0.39 is 29.3 Å². The van der Waals surface area contributed by atoms with Crippen molar-refractivity contribution in [2.45, 2.75) is 19.9 Å². The number of halogens is 1. The number of carbonyl (C=O) groups is 2. The average molecular weight is 399 g/mol. The van der Waals surface area contributed by atoms with Crippen LogP contribution in [0, 0.1) is 19.7 Å². The third-order valence-corrected chi connectivity index (χ3v) is 5.18. The first kappa shape index (κ1) is 18.1. The van der Waals surface area contributed by atoms with Gasteiger partial charge in [-0.2, -0.15) is 0 Å². The molecule has 28 heavy (non-hydrogen) atoms. The molecule has 0 bridgehead atoms. The molecular formula is C19H14FN3O4S. The highest BCUT2D eigenvalue weighted by molar-refractivity contribution is 7.13. The van der Waals surface area contributed by atoms with Crippen LogP contribution in [0.5, 0.6) is 0 Å². The lowest BCUT2D eigenvalue weighted by Crippen LogP contribution is -2.29. The van der Waals surface area contributed by atoms with E-state index in [4.69, 9.17) is 4.42 Å². The predicted molar refractivity (Wildman–Crippen MR) is 99.3 cm³/mol. The molecule has 1 saturated heterocycles. The predicted octanol–water partition coefficient (Wildman–Crippen LogP) is 3.51. The molecule has 1 aliphatic rings. The van der Waals surface area contributed by atoms with Gasteiger partial charge in [-0.25, -0.2) is 4.39 Å². The summed E-state index contributed by atoms with van der Waals surface area (Å²) in [5.41, 5.74) is 1.51. The van der Waals surface area contributed by atoms with Crippen molar-refractivity contribution in [1.82, 2.24) is 10.2 Å². The molecule has 0 spiro atoms. The lowest BCUT2D eigenvalue weighted by Gasteiger charge is -2.22. The molecule has 9 heteroatoms. The molecule has 0 radical (unpaired) electrons. The smallest absolute Gasteiger partial charge is 0.301 e. The van der Waals surface area contributed by atoms with Crippen LogP contribution in [0.25, 0.3) is 5.76 Å². The second-order valence-electron chi connectivity index (χ2n) is 6.24. The van der Waals surface area contributed by atoms with Gasteiger partial charge < -0.3 is 9.52 Å². The van der Waals surface area contributed by atoms with E-state index in [1.165, 1.54) is 23.7 Å². The van der Waals surface area contributed by atoms with Crippen LogP contribution in [0.2, 0.25) is 0 Å². The quantitative estimate of drug-likeness (QED) is 0.411. The topological polar surface area (TPSA) is 96.5 Å². The lowest BCUT2D eigenvalue weighted by molar-refractivity contribution is -0.132. The molecule has 2 aromatic heterocycles. The summed E-state index contributed by atoms with van der Waals surface area (Å²) in [6.07, 6.45) is 0. The first-order valence-electron chi connectivity index (χ1n) is 8.29. The number of aliphatic hydroxyl groups excluding tert-OH is 1. The van der Waals surface area contributed by atoms with Gasteiger partial charge in [-0.15, -0.1) is 10.2 Å². The number of hydrogen-bond donors (Lipinski definition) is 1. The van der Waals surface area contributed by atoms with Crippen molar-refractivity contribution in [2.24, 2.45) is 0 Å². The fourth-order valence-corrected chi connectivity index (χ4v) is 3.89. The fraction of sp³-hybridized carbons (Fsp3) is 0.158. The number of furan rings is 1. The molecular weight excluding hydrogens is 385 g/mol. The third-order valence-electron chi connectivity index (χ3n) is 4.49. The summed E-state index contributed by atoms with van der Waals surface area (Å²) >= 11 is 1.03. The molecule has 142 valence electrons. The van der Waals surface area contributed by atoms with Crippen LogP contribution >= 0.6 is 11.3 Å². The molecule has 1 aliphatic heterocycles. The molecule has 7 nitrogen and oxygen atoms in total. The van der Waals surface area contributed by atoms with Gasteiger partial charge in [0.05, 0.1) is 11.1 Å². The average Bonchev–Trinajstić information content (AvgIpc) is 3.35. The highest BCUT2D eigenvalue weighted by Gasteiger charge is 2.49. The van der Waals surface area contributed by atoms with E-state index in [9.17, 15) is 19.1 Å². The number of aromatic nitrogens is 2. The molecule has 0 saturated carbocycles. The van der Waals surface area contributed by atoms with E-state index in [1.807, 2.05) is 0 Å². The first-order valence-corrected chi connectivity index (χ1v) is 9.17. The van der Waals surface area contributed by atoms with Crippen LogP contribution in [-0.4, -0.2) is 27.0 Å². The molecule has 1 N–H and O–H groups in total. The minimum Gasteiger partial charge on any atom is -0.507 e. The van der Waals surface area contributed by atoms with E-state index >= 15 is 0 Å². The minimum absolute atomic E-state index is 0.0660. The lowest BCUT2D eigenvalue weighted by atomic mass is 9.95. The summed E-state index contributed by atoms with van der Waals surface area (Å²) in [7, 11) is 0. The van der Waals surface area contributed by atoms with Gasteiger partial charge in [0.2, 0.25) is 5.13 Å². The maximum Gasteiger partial charge on any atom is 0.301 e. The van der Waals surface area contributed by atoms with Crippen molar-refractivity contribution in [3.8, 4) is 0 Å². The van der Waals surface area contributed by atoms with Crippen molar-refractivity contribution >= 4 is 33.9 Å². The van der Waals surface area contributed by atoms with Crippen molar-refractivity contribution < 1.29 is 23.5 Å². The van der Waals surface area contributed by atoms with E-state index in [0.717, 1.165) is 16.2 Å². The normalized spacial score (nSPS) is 18.8. The van der Waals surface area contributed by atoms with E-state index in [0.29, 0.717) is 11.5 Å². The van der Waals surface area contributed by atoms with E-state index in [1.54, 1.807) is 26.0 Å². The molecule has 4 rings (SSSR count). The zero-order valence-corrected chi connectivity index (χ0v) is 15.7. The summed E-state index contributed by atoms with van der Waals surface area (Å²) < 4.78 is 20.1. The SMILES string of the molecule is Cc1cc(C(O)=C2C(=O)C(=O)N(c3nncs3)C2c2ccccc2F)c(C)o1. The van der Waals surface area contributed by atoms with Gasteiger partial charge >= 0.3 is 5.91 Å². The number of amides is 1. The first-order chi connectivity index (χ1) is 13.4. The summed E-state index contributed by atoms with van der Waals surface area (Å²) in [4.78, 5) is 26.7. The second kappa shape index (κ2) is 6.68. The van der Waals surface area contributed by atoms with Gasteiger partial charge in [-0.3, -0.25) is 14.5 Å². The van der Waals surface area contributed by atoms with E-state index in [2.05, 4.69) is 10.2 Å². The molecule has 1 aromatic carbocycles. The standard InChI is InChI=1S/C19H14FN3O4S/c1-9-7-12(10(2)27-9)16(24)14-15(11-5-3-4-6-13(11)20)23(18(26)17(14)25)19-22-21-8-28-19/h3-8,15,24H,1-2H3. The van der Waals surface area contributed by atoms with Gasteiger partial charge in [0, 0.05) is 5.56 Å². The number of Topliss-reactive ketones (excluding diaryl/α,β-unsaturated/α-hetero) is 1. The number of aliphatic hydroxyl groups is 1. The largest absolute Gasteiger partial charge is 0.507 e. The number of rotatable bonds is 3. The van der Waals surface area contributed by atoms with Crippen molar-refractivity contribution in [3.63, 3.8) is 0 Å². The van der Waals surface area contributed by atoms with Gasteiger partial charge in [0.15, 0.2) is 0 Å². The molecule has 3 aromatic rings. The molecule has 3 heterocycles. The number of anilines is 1. The Hall–Kier alpha value is -3.33. The Bertz CT molecular complexity index is 1120. The number of benzene rings is 1. The van der Waals surface area contributed by atoms with Crippen LogP contribution in [0.4, 0.5) is 9.52 Å². The number of carbonyl (C=O) groups excluding carboxylic acids is 2. The Kier molecular flexibility index (Phi) is 4.31. The van der Waals surface area contributed by atoms with Crippen LogP contribution in [0.3, 0.4) is 0 Å². The van der Waals surface area contributed by atoms with Crippen molar-refractivity contribution in [3.05, 3.63) is 69.9 Å². The summed E-state index contributed by atoms with van der Waals surface area (Å²) in [6.45, 7) is 3.32. The van der Waals surface area contributed by atoms with Gasteiger partial charge in [-0.1, -0.05) is 29.5 Å². The second-order valence-corrected chi connectivity index (χ2v) is 7.05. The molecule has 1 amide bonds. The summed E-state index contributed by atoms with van der Waals surface area (Å²) in [6, 6.07) is 6.15. The maximum absolute atomic E-state index is 14.6.